The predicted octanol–water partition coefficient (Wildman–Crippen LogP) is 4.69. The Labute approximate surface area is 236 Å². The summed E-state index contributed by atoms with van der Waals surface area (Å²) in [5, 5.41) is 0. The van der Waals surface area contributed by atoms with Crippen LogP contribution in [0.3, 0.4) is 0 Å². The second kappa shape index (κ2) is 12.4. The smallest absolute Gasteiger partial charge is 0.409 e. The highest BCUT2D eigenvalue weighted by Gasteiger charge is 2.41. The summed E-state index contributed by atoms with van der Waals surface area (Å²) in [6.07, 6.45) is 0.874. The summed E-state index contributed by atoms with van der Waals surface area (Å²) in [5.74, 6) is 0.00557. The van der Waals surface area contributed by atoms with Crippen molar-refractivity contribution in [1.82, 2.24) is 14.1 Å². The second-order valence-electron chi connectivity index (χ2n) is 10.3. The van der Waals surface area contributed by atoms with Crippen LogP contribution in [0, 0.1) is 0 Å². The molecule has 1 fully saturated rings. The maximum atomic E-state index is 13.2. The molecule has 5 rings (SSSR count). The first kappa shape index (κ1) is 28.2. The number of hydrogen-bond donors (Lipinski definition) is 1. The Balaban J connectivity index is 1.14. The molecule has 1 saturated heterocycles. The van der Waals surface area contributed by atoms with Gasteiger partial charge in [-0.15, -0.1) is 0 Å². The molecule has 1 atom stereocenters. The van der Waals surface area contributed by atoms with E-state index in [4.69, 9.17) is 4.74 Å². The Morgan fingerprint density at radius 1 is 0.850 bits per heavy atom. The van der Waals surface area contributed by atoms with Gasteiger partial charge in [0, 0.05) is 44.7 Å². The van der Waals surface area contributed by atoms with Gasteiger partial charge in [-0.05, 0) is 51.9 Å². The minimum Gasteiger partial charge on any atom is -0.450 e. The highest BCUT2D eigenvalue weighted by atomic mass is 32.3. The van der Waals surface area contributed by atoms with Crippen molar-refractivity contribution in [3.8, 4) is 0 Å². The molecule has 0 saturated carbocycles. The highest BCUT2D eigenvalue weighted by molar-refractivity contribution is 7.95. The molecular weight excluding hydrogens is 526 g/mol. The monoisotopic (exact) mass is 562 g/mol. The lowest BCUT2D eigenvalue weighted by atomic mass is 9.99. The van der Waals surface area contributed by atoms with E-state index in [1.165, 1.54) is 21.0 Å². The number of carbonyl (C=O) groups is 2. The minimum atomic E-state index is -3.44. The normalized spacial score (nSPS) is 17.6. The molecule has 0 radical (unpaired) electrons. The second-order valence-corrected chi connectivity index (χ2v) is 12.3. The molecule has 2 heterocycles. The highest BCUT2D eigenvalue weighted by Crippen LogP contribution is 2.24. The lowest BCUT2D eigenvalue weighted by Crippen LogP contribution is -2.52. The Hall–Kier alpha value is -3.37. The van der Waals surface area contributed by atoms with Crippen LogP contribution < -0.4 is 0 Å². The Morgan fingerprint density at radius 2 is 1.50 bits per heavy atom. The number of amides is 1. The molecule has 2 aliphatic heterocycles. The number of rotatable bonds is 8. The molecule has 0 aromatic heterocycles. The van der Waals surface area contributed by atoms with Gasteiger partial charge in [0.2, 0.25) is 4.90 Å². The number of hydrogen-bond acceptors (Lipinski definition) is 5. The maximum absolute atomic E-state index is 13.2. The average molecular weight is 563 g/mol. The van der Waals surface area contributed by atoms with Crippen molar-refractivity contribution in [3.63, 3.8) is 0 Å². The molecule has 210 valence electrons. The van der Waals surface area contributed by atoms with Crippen LogP contribution in [0.25, 0.3) is 0 Å². The fraction of sp³-hybridized carbons (Fsp3) is 0.355. The molecule has 8 nitrogen and oxygen atoms in total. The third kappa shape index (κ3) is 6.50. The summed E-state index contributed by atoms with van der Waals surface area (Å²) in [6, 6.07) is 23.1. The first-order valence-corrected chi connectivity index (χ1v) is 15.2. The van der Waals surface area contributed by atoms with E-state index in [1.54, 1.807) is 36.1 Å². The number of ketones is 1. The van der Waals surface area contributed by atoms with E-state index in [0.29, 0.717) is 25.3 Å². The van der Waals surface area contributed by atoms with E-state index in [-0.39, 0.29) is 30.2 Å². The molecule has 2 aliphatic rings. The van der Waals surface area contributed by atoms with Crippen LogP contribution in [0.5, 0.6) is 0 Å². The Kier molecular flexibility index (Phi) is 8.75. The quantitative estimate of drug-likeness (QED) is 0.317. The third-order valence-corrected chi connectivity index (χ3v) is 9.55. The number of piperazine rings is 1. The molecule has 40 heavy (non-hydrogen) atoms. The van der Waals surface area contributed by atoms with Gasteiger partial charge in [-0.2, -0.15) is 4.55 Å². The summed E-state index contributed by atoms with van der Waals surface area (Å²) in [4.78, 5) is 29.1. The standard InChI is InChI=1S/C31H35N3O5S/c1-2-39-31(36)33-17-19-34(20-18-33)40(37,38)29-13-9-24(10-14-29)21-30(35)27-11-7-25(8-12-27)22-32-16-15-26-5-3-4-6-28(26)23-32/h3-14H,2,15-23H2,1H3/p+1. The lowest BCUT2D eigenvalue weighted by molar-refractivity contribution is 0.0923. The van der Waals surface area contributed by atoms with Crippen LogP contribution >= 0.6 is 0 Å². The third-order valence-electron chi connectivity index (χ3n) is 7.60. The number of fused-ring (bicyclic) bond motifs is 1. The largest absolute Gasteiger partial charge is 0.450 e. The van der Waals surface area contributed by atoms with Gasteiger partial charge in [-0.3, -0.25) is 9.69 Å². The first-order valence-electron chi connectivity index (χ1n) is 13.8. The first-order chi connectivity index (χ1) is 19.3. The molecule has 0 spiro atoms. The molecule has 1 unspecified atom stereocenters. The molecule has 1 N–H and O–H groups in total. The van der Waals surface area contributed by atoms with Gasteiger partial charge >= 0.3 is 16.5 Å². The molecule has 0 aliphatic carbocycles. The SMILES string of the molecule is CCOC(=O)N1CCN([S+](=O)(O)c2ccc(CC(=O)c3ccc(CN4CCc5ccccc5C4)cc3)cc2)CC1. The topological polar surface area (TPSA) is 90.4 Å². The number of carbonyl (C=O) groups excluding carboxylic acids is 2. The van der Waals surface area contributed by atoms with Gasteiger partial charge in [0.25, 0.3) is 0 Å². The van der Waals surface area contributed by atoms with Crippen molar-refractivity contribution in [2.45, 2.75) is 37.8 Å². The summed E-state index contributed by atoms with van der Waals surface area (Å²) in [6.45, 7) is 6.06. The van der Waals surface area contributed by atoms with Gasteiger partial charge < -0.3 is 9.64 Å². The fourth-order valence-corrected chi connectivity index (χ4v) is 6.74. The van der Waals surface area contributed by atoms with Crippen LogP contribution in [0.1, 0.15) is 39.5 Å². The van der Waals surface area contributed by atoms with Crippen LogP contribution in [0.4, 0.5) is 4.79 Å². The van der Waals surface area contributed by atoms with Crippen LogP contribution in [-0.2, 0) is 45.3 Å². The number of benzene rings is 3. The zero-order valence-corrected chi connectivity index (χ0v) is 23.6. The zero-order chi connectivity index (χ0) is 28.1. The van der Waals surface area contributed by atoms with E-state index in [1.807, 2.05) is 24.3 Å². The van der Waals surface area contributed by atoms with Crippen molar-refractivity contribution in [3.05, 3.63) is 101 Å². The van der Waals surface area contributed by atoms with E-state index in [0.717, 1.165) is 31.6 Å². The summed E-state index contributed by atoms with van der Waals surface area (Å²) < 4.78 is 30.6. The summed E-state index contributed by atoms with van der Waals surface area (Å²) in [5.41, 5.74) is 5.44. The number of Topliss-reactive ketones (excluding diaryl/α,β-unsaturated/α-hetero) is 1. The van der Waals surface area contributed by atoms with Crippen LogP contribution in [0.15, 0.2) is 77.7 Å². The average Bonchev–Trinajstić information content (AvgIpc) is 2.98. The minimum absolute atomic E-state index is 0.00557. The van der Waals surface area contributed by atoms with Gasteiger partial charge in [0.1, 0.15) is 0 Å². The fourth-order valence-electron chi connectivity index (χ4n) is 5.30. The van der Waals surface area contributed by atoms with Crippen molar-refractivity contribution < 1.29 is 23.1 Å². The van der Waals surface area contributed by atoms with Crippen molar-refractivity contribution in [2.24, 2.45) is 0 Å². The molecule has 0 bridgehead atoms. The van der Waals surface area contributed by atoms with Gasteiger partial charge in [-0.25, -0.2) is 4.79 Å². The van der Waals surface area contributed by atoms with E-state index in [9.17, 15) is 18.4 Å². The van der Waals surface area contributed by atoms with Gasteiger partial charge in [0.05, 0.1) is 19.7 Å². The number of nitrogens with zero attached hydrogens (tertiary/aromatic N) is 3. The van der Waals surface area contributed by atoms with E-state index >= 15 is 0 Å². The molecule has 3 aromatic carbocycles. The molecule has 1 amide bonds. The van der Waals surface area contributed by atoms with Crippen molar-refractivity contribution >= 4 is 22.3 Å². The van der Waals surface area contributed by atoms with Crippen molar-refractivity contribution in [1.29, 1.82) is 0 Å². The van der Waals surface area contributed by atoms with Crippen molar-refractivity contribution in [2.75, 3.05) is 39.3 Å². The van der Waals surface area contributed by atoms with E-state index in [2.05, 4.69) is 29.2 Å². The molecule has 3 aromatic rings. The number of ether oxygens (including phenoxy) is 1. The lowest BCUT2D eigenvalue weighted by Gasteiger charge is -2.31. The summed E-state index contributed by atoms with van der Waals surface area (Å²) >= 11 is 0. The molecule has 9 heteroatoms. The van der Waals surface area contributed by atoms with E-state index < -0.39 is 16.5 Å². The Morgan fingerprint density at radius 3 is 2.17 bits per heavy atom. The Bertz CT molecular complexity index is 1380. The zero-order valence-electron chi connectivity index (χ0n) is 22.8. The maximum Gasteiger partial charge on any atom is 0.409 e. The van der Waals surface area contributed by atoms with Gasteiger partial charge in [0.15, 0.2) is 5.78 Å². The van der Waals surface area contributed by atoms with Crippen LogP contribution in [-0.4, -0.2) is 69.9 Å². The van der Waals surface area contributed by atoms with Gasteiger partial charge in [-0.1, -0.05) is 65.0 Å². The summed E-state index contributed by atoms with van der Waals surface area (Å²) in [7, 11) is -3.44. The predicted molar refractivity (Wildman–Crippen MR) is 154 cm³/mol. The van der Waals surface area contributed by atoms with Crippen LogP contribution in [0.2, 0.25) is 0 Å². The molecular formula is C31H36N3O5S+.